The molecule has 0 aromatic rings. The molecule has 0 spiro atoms. The number of urea groups is 1. The number of likely N-dealkylation sites (tertiary alicyclic amines) is 1. The van der Waals surface area contributed by atoms with Crippen molar-refractivity contribution in [2.24, 2.45) is 11.8 Å². The first kappa shape index (κ1) is 16.3. The number of carbonyl (C=O) groups excluding carboxylic acids is 2. The van der Waals surface area contributed by atoms with E-state index in [1.54, 1.807) is 0 Å². The van der Waals surface area contributed by atoms with E-state index in [1.807, 2.05) is 6.92 Å². The number of carboxylic acids is 1. The summed E-state index contributed by atoms with van der Waals surface area (Å²) in [5.41, 5.74) is 0. The van der Waals surface area contributed by atoms with Gasteiger partial charge in [0.15, 0.2) is 0 Å². The van der Waals surface area contributed by atoms with Gasteiger partial charge in [0.2, 0.25) is 0 Å². The van der Waals surface area contributed by atoms with Crippen molar-refractivity contribution in [3.63, 3.8) is 0 Å². The Bertz CT molecular complexity index is 372. The molecular formula is C13H22N2O5. The van der Waals surface area contributed by atoms with E-state index in [0.29, 0.717) is 25.9 Å². The van der Waals surface area contributed by atoms with Gasteiger partial charge in [-0.3, -0.25) is 9.59 Å². The Morgan fingerprint density at radius 3 is 2.70 bits per heavy atom. The second-order valence-electron chi connectivity index (χ2n) is 4.96. The normalized spacial score (nSPS) is 19.5. The molecule has 2 N–H and O–H groups in total. The molecule has 7 heteroatoms. The predicted molar refractivity (Wildman–Crippen MR) is 71.1 cm³/mol. The van der Waals surface area contributed by atoms with E-state index in [2.05, 4.69) is 10.1 Å². The fourth-order valence-electron chi connectivity index (χ4n) is 2.29. The van der Waals surface area contributed by atoms with Gasteiger partial charge < -0.3 is 20.1 Å². The maximum atomic E-state index is 11.9. The van der Waals surface area contributed by atoms with Crippen LogP contribution in [0.4, 0.5) is 4.79 Å². The van der Waals surface area contributed by atoms with Gasteiger partial charge in [0.25, 0.3) is 0 Å². The minimum Gasteiger partial charge on any atom is -0.481 e. The van der Waals surface area contributed by atoms with Crippen molar-refractivity contribution in [2.75, 3.05) is 26.7 Å². The van der Waals surface area contributed by atoms with Gasteiger partial charge >= 0.3 is 18.0 Å². The molecule has 2 atom stereocenters. The lowest BCUT2D eigenvalue weighted by atomic mass is 10.0. The summed E-state index contributed by atoms with van der Waals surface area (Å²) >= 11 is 0. The van der Waals surface area contributed by atoms with Crippen LogP contribution in [-0.2, 0) is 14.3 Å². The molecule has 1 saturated heterocycles. The molecule has 1 heterocycles. The highest BCUT2D eigenvalue weighted by Gasteiger charge is 2.32. The van der Waals surface area contributed by atoms with Crippen LogP contribution in [0.3, 0.4) is 0 Å². The molecule has 0 saturated carbocycles. The summed E-state index contributed by atoms with van der Waals surface area (Å²) in [6, 6.07) is -0.321. The highest BCUT2D eigenvalue weighted by atomic mass is 16.5. The van der Waals surface area contributed by atoms with Crippen LogP contribution in [0.15, 0.2) is 0 Å². The summed E-state index contributed by atoms with van der Waals surface area (Å²) in [7, 11) is 1.33. The summed E-state index contributed by atoms with van der Waals surface area (Å²) in [5.74, 6) is -2.06. The maximum absolute atomic E-state index is 11.9. The minimum atomic E-state index is -0.902. The highest BCUT2D eigenvalue weighted by molar-refractivity contribution is 5.78. The fourth-order valence-corrected chi connectivity index (χ4v) is 2.29. The van der Waals surface area contributed by atoms with Crippen molar-refractivity contribution in [3.8, 4) is 0 Å². The van der Waals surface area contributed by atoms with Crippen LogP contribution in [0.1, 0.15) is 26.2 Å². The number of nitrogens with one attached hydrogen (secondary N) is 1. The van der Waals surface area contributed by atoms with Crippen LogP contribution in [0.5, 0.6) is 0 Å². The zero-order chi connectivity index (χ0) is 15.1. The lowest BCUT2D eigenvalue weighted by molar-refractivity contribution is -0.145. The first-order valence-electron chi connectivity index (χ1n) is 6.83. The number of hydrogen-bond acceptors (Lipinski definition) is 4. The molecule has 2 amide bonds. The molecule has 0 bridgehead atoms. The van der Waals surface area contributed by atoms with Gasteiger partial charge in [0.1, 0.15) is 0 Å². The van der Waals surface area contributed by atoms with Crippen LogP contribution >= 0.6 is 0 Å². The van der Waals surface area contributed by atoms with E-state index in [0.717, 1.165) is 6.42 Å². The Labute approximate surface area is 118 Å². The summed E-state index contributed by atoms with van der Waals surface area (Å²) in [6.45, 7) is 2.82. The number of carboxylic acid groups (broad SMARTS) is 1. The van der Waals surface area contributed by atoms with Gasteiger partial charge in [0.05, 0.1) is 18.9 Å². The van der Waals surface area contributed by atoms with Gasteiger partial charge in [0, 0.05) is 19.6 Å². The van der Waals surface area contributed by atoms with Crippen LogP contribution in [0.2, 0.25) is 0 Å². The number of rotatable bonds is 6. The molecular weight excluding hydrogens is 264 g/mol. The predicted octanol–water partition coefficient (Wildman–Crippen LogP) is 0.692. The maximum Gasteiger partial charge on any atom is 0.317 e. The number of amides is 2. The number of carbonyl (C=O) groups is 3. The largest absolute Gasteiger partial charge is 0.481 e. The average Bonchev–Trinajstić information content (AvgIpc) is 2.91. The Hall–Kier alpha value is -1.79. The fraction of sp³-hybridized carbons (Fsp3) is 0.769. The molecule has 1 aliphatic rings. The molecule has 0 aromatic carbocycles. The van der Waals surface area contributed by atoms with Crippen LogP contribution in [0, 0.1) is 11.8 Å². The van der Waals surface area contributed by atoms with E-state index < -0.39 is 11.9 Å². The van der Waals surface area contributed by atoms with Crippen molar-refractivity contribution in [2.45, 2.75) is 26.2 Å². The van der Waals surface area contributed by atoms with Gasteiger partial charge in [-0.2, -0.15) is 0 Å². The number of ether oxygens (including phenoxy) is 1. The third kappa shape index (κ3) is 4.40. The zero-order valence-corrected chi connectivity index (χ0v) is 11.9. The first-order chi connectivity index (χ1) is 9.49. The molecule has 20 heavy (non-hydrogen) atoms. The quantitative estimate of drug-likeness (QED) is 0.700. The van der Waals surface area contributed by atoms with Crippen molar-refractivity contribution < 1.29 is 24.2 Å². The molecule has 1 aliphatic heterocycles. The second-order valence-corrected chi connectivity index (χ2v) is 4.96. The molecule has 114 valence electrons. The van der Waals surface area contributed by atoms with Crippen molar-refractivity contribution >= 4 is 18.0 Å². The third-order valence-electron chi connectivity index (χ3n) is 3.50. The second kappa shape index (κ2) is 7.72. The lowest BCUT2D eigenvalue weighted by Crippen LogP contribution is -2.42. The van der Waals surface area contributed by atoms with Gasteiger partial charge in [-0.25, -0.2) is 4.79 Å². The molecule has 7 nitrogen and oxygen atoms in total. The molecule has 2 unspecified atom stereocenters. The number of esters is 1. The summed E-state index contributed by atoms with van der Waals surface area (Å²) in [4.78, 5) is 35.8. The topological polar surface area (TPSA) is 95.9 Å². The van der Waals surface area contributed by atoms with Gasteiger partial charge in [-0.15, -0.1) is 0 Å². The average molecular weight is 286 g/mol. The Kier molecular flexibility index (Phi) is 6.27. The molecule has 1 fully saturated rings. The van der Waals surface area contributed by atoms with Gasteiger partial charge in [-0.05, 0) is 12.8 Å². The van der Waals surface area contributed by atoms with Crippen LogP contribution < -0.4 is 5.32 Å². The number of hydrogen-bond donors (Lipinski definition) is 2. The zero-order valence-electron chi connectivity index (χ0n) is 11.9. The summed E-state index contributed by atoms with van der Waals surface area (Å²) in [5, 5.41) is 11.6. The number of aliphatic carboxylic acids is 1. The van der Waals surface area contributed by atoms with E-state index in [9.17, 15) is 14.4 Å². The smallest absolute Gasteiger partial charge is 0.317 e. The van der Waals surface area contributed by atoms with Crippen molar-refractivity contribution in [3.05, 3.63) is 0 Å². The third-order valence-corrected chi connectivity index (χ3v) is 3.50. The summed E-state index contributed by atoms with van der Waals surface area (Å²) in [6.07, 6.45) is 1.86. The number of methoxy groups -OCH3 is 1. The van der Waals surface area contributed by atoms with E-state index in [4.69, 9.17) is 5.11 Å². The highest BCUT2D eigenvalue weighted by Crippen LogP contribution is 2.17. The van der Waals surface area contributed by atoms with Crippen molar-refractivity contribution in [1.29, 1.82) is 0 Å². The lowest BCUT2D eigenvalue weighted by Gasteiger charge is -2.19. The molecule has 0 aliphatic carbocycles. The van der Waals surface area contributed by atoms with Crippen LogP contribution in [-0.4, -0.2) is 54.7 Å². The SMILES string of the molecule is CCCC(CNC(=O)N1CCC(C(=O)OC)C1)C(=O)O. The number of nitrogens with zero attached hydrogens (tertiary/aromatic N) is 1. The van der Waals surface area contributed by atoms with E-state index >= 15 is 0 Å². The van der Waals surface area contributed by atoms with Crippen LogP contribution in [0.25, 0.3) is 0 Å². The standard InChI is InChI=1S/C13H22N2O5/c1-3-4-9(11(16)17)7-14-13(19)15-6-5-10(8-15)12(18)20-2/h9-10H,3-8H2,1-2H3,(H,14,19)(H,16,17). The molecule has 1 rings (SSSR count). The molecule has 0 radical (unpaired) electrons. The van der Waals surface area contributed by atoms with Gasteiger partial charge in [-0.1, -0.05) is 13.3 Å². The Morgan fingerprint density at radius 2 is 2.15 bits per heavy atom. The Balaban J connectivity index is 2.40. The Morgan fingerprint density at radius 1 is 1.45 bits per heavy atom. The monoisotopic (exact) mass is 286 g/mol. The molecule has 0 aromatic heterocycles. The summed E-state index contributed by atoms with van der Waals surface area (Å²) < 4.78 is 4.65. The first-order valence-corrected chi connectivity index (χ1v) is 6.83. The van der Waals surface area contributed by atoms with E-state index in [-0.39, 0.29) is 24.5 Å². The van der Waals surface area contributed by atoms with Crippen molar-refractivity contribution in [1.82, 2.24) is 10.2 Å². The minimum absolute atomic E-state index is 0.112. The van der Waals surface area contributed by atoms with E-state index in [1.165, 1.54) is 12.0 Å².